The lowest BCUT2D eigenvalue weighted by molar-refractivity contribution is 0.255. The molecule has 0 saturated heterocycles. The molecule has 0 fully saturated rings. The largest absolute Gasteiger partial charge is 0.323 e. The van der Waals surface area contributed by atoms with Crippen LogP contribution in [0.4, 0.5) is 14.9 Å². The first kappa shape index (κ1) is 13.8. The van der Waals surface area contributed by atoms with Crippen molar-refractivity contribution in [3.05, 3.63) is 71.7 Å². The fourth-order valence-electron chi connectivity index (χ4n) is 1.69. The van der Waals surface area contributed by atoms with Gasteiger partial charge in [0, 0.05) is 11.9 Å². The fraction of sp³-hybridized carbons (Fsp3) is 0.0625. The van der Waals surface area contributed by atoms with E-state index in [4.69, 9.17) is 0 Å². The topological polar surface area (TPSA) is 41.1 Å². The van der Waals surface area contributed by atoms with E-state index in [2.05, 4.69) is 10.6 Å². The van der Waals surface area contributed by atoms with E-state index in [-0.39, 0.29) is 11.8 Å². The van der Waals surface area contributed by atoms with Gasteiger partial charge in [-0.15, -0.1) is 0 Å². The highest BCUT2D eigenvalue weighted by molar-refractivity contribution is 5.90. The highest BCUT2D eigenvalue weighted by Crippen LogP contribution is 2.08. The minimum atomic E-state index is -0.375. The van der Waals surface area contributed by atoms with Crippen LogP contribution >= 0.6 is 0 Å². The Morgan fingerprint density at radius 2 is 1.90 bits per heavy atom. The predicted octanol–water partition coefficient (Wildman–Crippen LogP) is 3.93. The van der Waals surface area contributed by atoms with Crippen molar-refractivity contribution in [3.63, 3.8) is 0 Å². The van der Waals surface area contributed by atoms with Crippen molar-refractivity contribution < 1.29 is 9.18 Å². The summed E-state index contributed by atoms with van der Waals surface area (Å²) in [5.41, 5.74) is 2.70. The molecule has 0 heterocycles. The van der Waals surface area contributed by atoms with E-state index in [1.165, 1.54) is 24.3 Å². The zero-order valence-corrected chi connectivity index (χ0v) is 11.1. The third-order valence-corrected chi connectivity index (χ3v) is 2.63. The van der Waals surface area contributed by atoms with Gasteiger partial charge >= 0.3 is 6.03 Å². The molecular formula is C16H15FN2O. The zero-order chi connectivity index (χ0) is 14.4. The Morgan fingerprint density at radius 1 is 1.15 bits per heavy atom. The molecule has 0 radical (unpaired) electrons. The van der Waals surface area contributed by atoms with Gasteiger partial charge in [-0.05, 0) is 42.8 Å². The van der Waals surface area contributed by atoms with Crippen LogP contribution in [0.1, 0.15) is 11.1 Å². The standard InChI is InChI=1S/C16H15FN2O/c1-12-3-2-4-13(11-12)9-10-18-16(20)19-15-7-5-14(17)6-8-15/h2-11H,1H3,(H2,18,19,20)/b10-9+. The highest BCUT2D eigenvalue weighted by Gasteiger charge is 1.98. The number of carbonyl (C=O) groups is 1. The van der Waals surface area contributed by atoms with Crippen LogP contribution in [0.5, 0.6) is 0 Å². The van der Waals surface area contributed by atoms with E-state index >= 15 is 0 Å². The monoisotopic (exact) mass is 270 g/mol. The van der Waals surface area contributed by atoms with E-state index in [1.54, 1.807) is 12.3 Å². The molecule has 2 amide bonds. The number of anilines is 1. The lowest BCUT2D eigenvalue weighted by Gasteiger charge is -2.04. The van der Waals surface area contributed by atoms with E-state index in [0.717, 1.165) is 11.1 Å². The molecule has 2 aromatic carbocycles. The van der Waals surface area contributed by atoms with Gasteiger partial charge in [0.1, 0.15) is 5.82 Å². The lowest BCUT2D eigenvalue weighted by atomic mass is 10.1. The van der Waals surface area contributed by atoms with Crippen LogP contribution in [0.25, 0.3) is 6.08 Å². The molecule has 4 heteroatoms. The molecule has 2 aromatic rings. The summed E-state index contributed by atoms with van der Waals surface area (Å²) in [6.45, 7) is 2.01. The number of benzene rings is 2. The fourth-order valence-corrected chi connectivity index (χ4v) is 1.69. The first-order chi connectivity index (χ1) is 9.63. The van der Waals surface area contributed by atoms with E-state index in [1.807, 2.05) is 31.2 Å². The van der Waals surface area contributed by atoms with Crippen molar-refractivity contribution in [1.29, 1.82) is 0 Å². The van der Waals surface area contributed by atoms with Crippen LogP contribution in [0.3, 0.4) is 0 Å². The van der Waals surface area contributed by atoms with Crippen LogP contribution < -0.4 is 10.6 Å². The molecular weight excluding hydrogens is 255 g/mol. The number of hydrogen-bond donors (Lipinski definition) is 2. The van der Waals surface area contributed by atoms with Gasteiger partial charge in [0.05, 0.1) is 0 Å². The SMILES string of the molecule is Cc1cccc(/C=C/NC(=O)Nc2ccc(F)cc2)c1. The number of halogens is 1. The average Bonchev–Trinajstić information content (AvgIpc) is 2.41. The summed E-state index contributed by atoms with van der Waals surface area (Å²) >= 11 is 0. The Kier molecular flexibility index (Phi) is 4.50. The van der Waals surface area contributed by atoms with Crippen LogP contribution in [0.2, 0.25) is 0 Å². The van der Waals surface area contributed by atoms with E-state index in [9.17, 15) is 9.18 Å². The summed E-state index contributed by atoms with van der Waals surface area (Å²) < 4.78 is 12.7. The van der Waals surface area contributed by atoms with Crippen molar-refractivity contribution in [2.75, 3.05) is 5.32 Å². The van der Waals surface area contributed by atoms with Crippen molar-refractivity contribution in [2.24, 2.45) is 0 Å². The molecule has 2 N–H and O–H groups in total. The van der Waals surface area contributed by atoms with Crippen molar-refractivity contribution in [1.82, 2.24) is 5.32 Å². The number of rotatable bonds is 3. The predicted molar refractivity (Wildman–Crippen MR) is 78.8 cm³/mol. The molecule has 0 aliphatic heterocycles. The number of amides is 2. The van der Waals surface area contributed by atoms with Gasteiger partial charge < -0.3 is 10.6 Å². The molecule has 102 valence electrons. The van der Waals surface area contributed by atoms with Gasteiger partial charge in [-0.1, -0.05) is 29.8 Å². The Labute approximate surface area is 117 Å². The van der Waals surface area contributed by atoms with Gasteiger partial charge in [-0.25, -0.2) is 9.18 Å². The Bertz CT molecular complexity index is 621. The average molecular weight is 270 g/mol. The van der Waals surface area contributed by atoms with E-state index < -0.39 is 0 Å². The summed E-state index contributed by atoms with van der Waals surface area (Å²) in [4.78, 5) is 11.6. The number of urea groups is 1. The minimum absolute atomic E-state index is 0.338. The van der Waals surface area contributed by atoms with Gasteiger partial charge in [0.25, 0.3) is 0 Å². The summed E-state index contributed by atoms with van der Waals surface area (Å²) in [5, 5.41) is 5.19. The van der Waals surface area contributed by atoms with Crippen LogP contribution in [0.15, 0.2) is 54.7 Å². The maximum absolute atomic E-state index is 12.7. The van der Waals surface area contributed by atoms with Crippen molar-refractivity contribution in [3.8, 4) is 0 Å². The molecule has 2 rings (SSSR count). The summed E-state index contributed by atoms with van der Waals surface area (Å²) in [6, 6.07) is 13.1. The normalized spacial score (nSPS) is 10.5. The quantitative estimate of drug-likeness (QED) is 0.871. The molecule has 0 unspecified atom stereocenters. The molecule has 20 heavy (non-hydrogen) atoms. The maximum Gasteiger partial charge on any atom is 0.323 e. The molecule has 0 spiro atoms. The second-order valence-electron chi connectivity index (χ2n) is 4.35. The number of aryl methyl sites for hydroxylation is 1. The van der Waals surface area contributed by atoms with Crippen molar-refractivity contribution in [2.45, 2.75) is 6.92 Å². The maximum atomic E-state index is 12.7. The third kappa shape index (κ3) is 4.24. The Morgan fingerprint density at radius 3 is 2.60 bits per heavy atom. The highest BCUT2D eigenvalue weighted by atomic mass is 19.1. The number of carbonyl (C=O) groups excluding carboxylic acids is 1. The second-order valence-corrected chi connectivity index (χ2v) is 4.35. The van der Waals surface area contributed by atoms with Gasteiger partial charge in [-0.2, -0.15) is 0 Å². The van der Waals surface area contributed by atoms with Gasteiger partial charge in [-0.3, -0.25) is 0 Å². The smallest absolute Gasteiger partial charge is 0.314 e. The van der Waals surface area contributed by atoms with Crippen molar-refractivity contribution >= 4 is 17.8 Å². The summed E-state index contributed by atoms with van der Waals surface area (Å²) in [6.07, 6.45) is 3.37. The zero-order valence-electron chi connectivity index (χ0n) is 11.1. The molecule has 0 atom stereocenters. The molecule has 0 bridgehead atoms. The first-order valence-corrected chi connectivity index (χ1v) is 6.20. The van der Waals surface area contributed by atoms with Crippen LogP contribution in [0, 0.1) is 12.7 Å². The summed E-state index contributed by atoms with van der Waals surface area (Å²) in [5.74, 6) is -0.338. The Hall–Kier alpha value is -2.62. The molecule has 0 aromatic heterocycles. The number of nitrogens with one attached hydrogen (secondary N) is 2. The molecule has 0 aliphatic carbocycles. The summed E-state index contributed by atoms with van der Waals surface area (Å²) in [7, 11) is 0. The second kappa shape index (κ2) is 6.52. The lowest BCUT2D eigenvalue weighted by Crippen LogP contribution is -2.23. The third-order valence-electron chi connectivity index (χ3n) is 2.63. The first-order valence-electron chi connectivity index (χ1n) is 6.20. The van der Waals surface area contributed by atoms with Gasteiger partial charge in [0.15, 0.2) is 0 Å². The minimum Gasteiger partial charge on any atom is -0.314 e. The van der Waals surface area contributed by atoms with Crippen LogP contribution in [-0.2, 0) is 0 Å². The Balaban J connectivity index is 1.87. The molecule has 0 saturated carbocycles. The molecule has 0 aliphatic rings. The number of hydrogen-bond acceptors (Lipinski definition) is 1. The van der Waals surface area contributed by atoms with Gasteiger partial charge in [0.2, 0.25) is 0 Å². The van der Waals surface area contributed by atoms with E-state index in [0.29, 0.717) is 5.69 Å². The van der Waals surface area contributed by atoms with Crippen LogP contribution in [-0.4, -0.2) is 6.03 Å². The molecule has 3 nitrogen and oxygen atoms in total.